The van der Waals surface area contributed by atoms with E-state index in [0.717, 1.165) is 11.1 Å². The summed E-state index contributed by atoms with van der Waals surface area (Å²) in [6.07, 6.45) is 0.587. The lowest BCUT2D eigenvalue weighted by molar-refractivity contribution is 0.0958. The van der Waals surface area contributed by atoms with Crippen LogP contribution in [0.2, 0.25) is 0 Å². The molecule has 0 saturated heterocycles. The van der Waals surface area contributed by atoms with Crippen molar-refractivity contribution in [3.63, 3.8) is 0 Å². The Kier molecular flexibility index (Phi) is 5.58. The summed E-state index contributed by atoms with van der Waals surface area (Å²) in [5.41, 5.74) is 2.53. The molecule has 0 aliphatic heterocycles. The van der Waals surface area contributed by atoms with Crippen molar-refractivity contribution in [2.45, 2.75) is 19.3 Å². The molecule has 0 heterocycles. The van der Waals surface area contributed by atoms with Crippen LogP contribution in [0.5, 0.6) is 11.5 Å². The van der Waals surface area contributed by atoms with E-state index in [2.05, 4.69) is 6.58 Å². The summed E-state index contributed by atoms with van der Waals surface area (Å²) in [6.45, 7) is 5.90. The molecule has 0 aliphatic rings. The monoisotopic (exact) mass is 310 g/mol. The molecule has 2 rings (SSSR count). The Morgan fingerprint density at radius 1 is 1.04 bits per heavy atom. The smallest absolute Gasteiger partial charge is 0.170 e. The fraction of sp³-hybridized carbons (Fsp3) is 0.250. The van der Waals surface area contributed by atoms with Gasteiger partial charge in [-0.1, -0.05) is 35.9 Å². The number of methoxy groups -OCH3 is 2. The van der Waals surface area contributed by atoms with Crippen molar-refractivity contribution in [2.24, 2.45) is 0 Å². The van der Waals surface area contributed by atoms with Gasteiger partial charge in [0.05, 0.1) is 20.1 Å². The summed E-state index contributed by atoms with van der Waals surface area (Å²) in [4.78, 5) is 13.0. The topological polar surface area (TPSA) is 35.5 Å². The second-order valence-electron chi connectivity index (χ2n) is 5.59. The van der Waals surface area contributed by atoms with Gasteiger partial charge < -0.3 is 9.47 Å². The first-order chi connectivity index (χ1) is 11.0. The number of Topliss-reactive ketones (excluding diaryl/α,β-unsaturated/α-hetero) is 1. The van der Waals surface area contributed by atoms with Gasteiger partial charge in [-0.25, -0.2) is 0 Å². The molecule has 0 N–H and O–H groups in total. The van der Waals surface area contributed by atoms with Gasteiger partial charge >= 0.3 is 0 Å². The molecule has 1 unspecified atom stereocenters. The predicted octanol–water partition coefficient (Wildman–Crippen LogP) is 4.64. The minimum atomic E-state index is -0.307. The van der Waals surface area contributed by atoms with Gasteiger partial charge in [-0.05, 0) is 31.0 Å². The first kappa shape index (κ1) is 16.8. The minimum Gasteiger partial charge on any atom is -0.497 e. The lowest BCUT2D eigenvalue weighted by atomic mass is 9.86. The number of hydrogen-bond donors (Lipinski definition) is 0. The maximum absolute atomic E-state index is 13.0. The SMILES string of the molecule is C=C(C)CC(C(=O)c1ccccc1)c1cc(OC)cc(OC)c1. The molecule has 0 amide bonds. The van der Waals surface area contributed by atoms with E-state index in [1.54, 1.807) is 20.3 Å². The van der Waals surface area contributed by atoms with Crippen molar-refractivity contribution in [3.05, 3.63) is 71.8 Å². The van der Waals surface area contributed by atoms with Gasteiger partial charge in [0.1, 0.15) is 11.5 Å². The zero-order valence-corrected chi connectivity index (χ0v) is 13.8. The highest BCUT2D eigenvalue weighted by Crippen LogP contribution is 2.33. The van der Waals surface area contributed by atoms with Crippen molar-refractivity contribution in [1.29, 1.82) is 0 Å². The van der Waals surface area contributed by atoms with Crippen molar-refractivity contribution < 1.29 is 14.3 Å². The number of benzene rings is 2. The molecule has 0 aliphatic carbocycles. The molecular formula is C20H22O3. The maximum Gasteiger partial charge on any atom is 0.170 e. The molecule has 0 bridgehead atoms. The van der Waals surface area contributed by atoms with Crippen LogP contribution in [0.1, 0.15) is 35.2 Å². The van der Waals surface area contributed by atoms with E-state index < -0.39 is 0 Å². The number of ether oxygens (including phenoxy) is 2. The van der Waals surface area contributed by atoms with Gasteiger partial charge in [0, 0.05) is 11.6 Å². The van der Waals surface area contributed by atoms with Crippen LogP contribution in [0.3, 0.4) is 0 Å². The van der Waals surface area contributed by atoms with Crippen molar-refractivity contribution >= 4 is 5.78 Å². The lowest BCUT2D eigenvalue weighted by Crippen LogP contribution is -2.14. The second kappa shape index (κ2) is 7.63. The molecule has 2 aromatic rings. The Labute approximate surface area is 137 Å². The van der Waals surface area contributed by atoms with Gasteiger partial charge in [0.2, 0.25) is 0 Å². The van der Waals surface area contributed by atoms with Crippen LogP contribution in [0, 0.1) is 0 Å². The zero-order chi connectivity index (χ0) is 16.8. The molecule has 3 heteroatoms. The summed E-state index contributed by atoms with van der Waals surface area (Å²) in [5.74, 6) is 1.11. The average Bonchev–Trinajstić information content (AvgIpc) is 2.59. The molecular weight excluding hydrogens is 288 g/mol. The third-order valence-electron chi connectivity index (χ3n) is 3.70. The summed E-state index contributed by atoms with van der Waals surface area (Å²) in [7, 11) is 3.21. The highest BCUT2D eigenvalue weighted by Gasteiger charge is 2.23. The summed E-state index contributed by atoms with van der Waals surface area (Å²) in [5, 5.41) is 0. The van der Waals surface area contributed by atoms with Crippen LogP contribution in [-0.4, -0.2) is 20.0 Å². The molecule has 0 aromatic heterocycles. The van der Waals surface area contributed by atoms with E-state index >= 15 is 0 Å². The summed E-state index contributed by atoms with van der Waals surface area (Å²) < 4.78 is 10.6. The Morgan fingerprint density at radius 2 is 1.61 bits per heavy atom. The van der Waals surface area contributed by atoms with Crippen LogP contribution in [0.25, 0.3) is 0 Å². The molecule has 0 saturated carbocycles. The van der Waals surface area contributed by atoms with E-state index in [9.17, 15) is 4.79 Å². The van der Waals surface area contributed by atoms with E-state index in [1.165, 1.54) is 0 Å². The van der Waals surface area contributed by atoms with Gasteiger partial charge in [-0.15, -0.1) is 6.58 Å². The van der Waals surface area contributed by atoms with Crippen LogP contribution in [0.15, 0.2) is 60.7 Å². The van der Waals surface area contributed by atoms with Crippen molar-refractivity contribution in [2.75, 3.05) is 14.2 Å². The zero-order valence-electron chi connectivity index (χ0n) is 13.8. The Balaban J connectivity index is 2.46. The fourth-order valence-corrected chi connectivity index (χ4v) is 2.54. The molecule has 3 nitrogen and oxygen atoms in total. The van der Waals surface area contributed by atoms with Gasteiger partial charge in [0.25, 0.3) is 0 Å². The third-order valence-corrected chi connectivity index (χ3v) is 3.70. The number of hydrogen-bond acceptors (Lipinski definition) is 3. The lowest BCUT2D eigenvalue weighted by Gasteiger charge is -2.18. The fourth-order valence-electron chi connectivity index (χ4n) is 2.54. The molecule has 1 atom stereocenters. The summed E-state index contributed by atoms with van der Waals surface area (Å²) >= 11 is 0. The highest BCUT2D eigenvalue weighted by molar-refractivity contribution is 6.01. The summed E-state index contributed by atoms with van der Waals surface area (Å²) in [6, 6.07) is 14.9. The first-order valence-corrected chi connectivity index (χ1v) is 7.51. The third kappa shape index (κ3) is 4.22. The number of carbonyl (C=O) groups is 1. The van der Waals surface area contributed by atoms with Gasteiger partial charge in [-0.3, -0.25) is 4.79 Å². The highest BCUT2D eigenvalue weighted by atomic mass is 16.5. The van der Waals surface area contributed by atoms with Crippen LogP contribution in [0.4, 0.5) is 0 Å². The molecule has 0 fully saturated rings. The molecule has 23 heavy (non-hydrogen) atoms. The van der Waals surface area contributed by atoms with E-state index in [-0.39, 0.29) is 11.7 Å². The largest absolute Gasteiger partial charge is 0.497 e. The number of ketones is 1. The molecule has 2 aromatic carbocycles. The van der Waals surface area contributed by atoms with Crippen LogP contribution < -0.4 is 9.47 Å². The quantitative estimate of drug-likeness (QED) is 0.552. The molecule has 0 spiro atoms. The molecule has 120 valence electrons. The van der Waals surface area contributed by atoms with Crippen molar-refractivity contribution in [1.82, 2.24) is 0 Å². The minimum absolute atomic E-state index is 0.0731. The molecule has 0 radical (unpaired) electrons. The van der Waals surface area contributed by atoms with Crippen molar-refractivity contribution in [3.8, 4) is 11.5 Å². The van der Waals surface area contributed by atoms with Gasteiger partial charge in [0.15, 0.2) is 5.78 Å². The number of allylic oxidation sites excluding steroid dienone is 1. The standard InChI is InChI=1S/C20H22O3/c1-14(2)10-19(20(21)15-8-6-5-7-9-15)16-11-17(22-3)13-18(12-16)23-4/h5-9,11-13,19H,1,10H2,2-4H3. The Hall–Kier alpha value is -2.55. The van der Waals surface area contributed by atoms with Crippen LogP contribution in [-0.2, 0) is 0 Å². The second-order valence-corrected chi connectivity index (χ2v) is 5.59. The maximum atomic E-state index is 13.0. The van der Waals surface area contributed by atoms with E-state index in [0.29, 0.717) is 23.5 Å². The number of carbonyl (C=O) groups excluding carboxylic acids is 1. The Morgan fingerprint density at radius 3 is 2.09 bits per heavy atom. The van der Waals surface area contributed by atoms with E-state index in [4.69, 9.17) is 9.47 Å². The van der Waals surface area contributed by atoms with Crippen LogP contribution >= 0.6 is 0 Å². The first-order valence-electron chi connectivity index (χ1n) is 7.51. The van der Waals surface area contributed by atoms with Gasteiger partial charge in [-0.2, -0.15) is 0 Å². The Bertz CT molecular complexity index is 667. The predicted molar refractivity (Wildman–Crippen MR) is 92.5 cm³/mol. The number of rotatable bonds is 7. The normalized spacial score (nSPS) is 11.6. The average molecular weight is 310 g/mol. The van der Waals surface area contributed by atoms with E-state index in [1.807, 2.05) is 49.4 Å².